The number of hydrogen-bond donors (Lipinski definition) is 1. The van der Waals surface area contributed by atoms with Gasteiger partial charge in [0.1, 0.15) is 0 Å². The van der Waals surface area contributed by atoms with Gasteiger partial charge in [0, 0.05) is 12.4 Å². The van der Waals surface area contributed by atoms with E-state index in [9.17, 15) is 4.79 Å². The predicted octanol–water partition coefficient (Wildman–Crippen LogP) is 1.17. The lowest BCUT2D eigenvalue weighted by Crippen LogP contribution is -2.07. The molecule has 0 aliphatic rings. The van der Waals surface area contributed by atoms with Gasteiger partial charge in [-0.15, -0.1) is 0 Å². The maximum atomic E-state index is 11.6. The van der Waals surface area contributed by atoms with Gasteiger partial charge in [-0.05, 0) is 5.56 Å². The molecule has 2 heterocycles. The molecule has 3 rings (SSSR count). The van der Waals surface area contributed by atoms with E-state index in [1.165, 1.54) is 6.20 Å². The molecule has 5 heteroatoms. The highest BCUT2D eigenvalue weighted by molar-refractivity contribution is 5.68. The van der Waals surface area contributed by atoms with Crippen LogP contribution in [-0.2, 0) is 6.54 Å². The fourth-order valence-electron chi connectivity index (χ4n) is 1.80. The zero-order valence-corrected chi connectivity index (χ0v) is 9.00. The van der Waals surface area contributed by atoms with Gasteiger partial charge in [0.05, 0.1) is 6.54 Å². The van der Waals surface area contributed by atoms with Crippen molar-refractivity contribution in [2.75, 3.05) is 0 Å². The van der Waals surface area contributed by atoms with Gasteiger partial charge in [-0.1, -0.05) is 30.3 Å². The van der Waals surface area contributed by atoms with Crippen molar-refractivity contribution < 1.29 is 0 Å². The highest BCUT2D eigenvalue weighted by atomic mass is 16.1. The molecule has 3 aromatic rings. The molecule has 17 heavy (non-hydrogen) atoms. The van der Waals surface area contributed by atoms with Crippen LogP contribution in [0, 0.1) is 0 Å². The standard InChI is InChI=1S/C12H10N4O/c17-12-10-11(14-7-6-13-10)16(15-12)8-9-4-2-1-3-5-9/h1-7H,8H2,(H,15,17). The smallest absolute Gasteiger partial charge is 0.265 e. The fourth-order valence-corrected chi connectivity index (χ4v) is 1.80. The molecule has 0 atom stereocenters. The molecule has 0 fully saturated rings. The summed E-state index contributed by atoms with van der Waals surface area (Å²) < 4.78 is 1.71. The highest BCUT2D eigenvalue weighted by Crippen LogP contribution is 2.06. The zero-order valence-electron chi connectivity index (χ0n) is 9.00. The minimum atomic E-state index is -0.205. The number of aromatic amines is 1. The van der Waals surface area contributed by atoms with E-state index in [4.69, 9.17) is 0 Å². The van der Waals surface area contributed by atoms with Crippen molar-refractivity contribution in [1.82, 2.24) is 19.7 Å². The van der Waals surface area contributed by atoms with E-state index in [1.807, 2.05) is 30.3 Å². The third-order valence-electron chi connectivity index (χ3n) is 2.57. The Hall–Kier alpha value is -2.43. The van der Waals surface area contributed by atoms with Crippen LogP contribution in [0.5, 0.6) is 0 Å². The summed E-state index contributed by atoms with van der Waals surface area (Å²) in [5, 5.41) is 2.74. The summed E-state index contributed by atoms with van der Waals surface area (Å²) in [4.78, 5) is 19.8. The number of aromatic nitrogens is 4. The Labute approximate surface area is 96.7 Å². The summed E-state index contributed by atoms with van der Waals surface area (Å²) in [6.45, 7) is 0.582. The van der Waals surface area contributed by atoms with Crippen molar-refractivity contribution in [2.24, 2.45) is 0 Å². The van der Waals surface area contributed by atoms with Gasteiger partial charge in [0.2, 0.25) is 0 Å². The Kier molecular flexibility index (Phi) is 2.22. The largest absolute Gasteiger partial charge is 0.292 e. The van der Waals surface area contributed by atoms with Gasteiger partial charge in [-0.2, -0.15) is 0 Å². The number of hydrogen-bond acceptors (Lipinski definition) is 3. The molecule has 2 aromatic heterocycles. The van der Waals surface area contributed by atoms with E-state index in [2.05, 4.69) is 15.1 Å². The summed E-state index contributed by atoms with van der Waals surface area (Å²) in [5.74, 6) is 0. The molecule has 1 N–H and O–H groups in total. The molecule has 5 nitrogen and oxygen atoms in total. The molecule has 0 saturated heterocycles. The Balaban J connectivity index is 2.10. The summed E-state index contributed by atoms with van der Waals surface area (Å²) >= 11 is 0. The molecule has 84 valence electrons. The van der Waals surface area contributed by atoms with Crippen LogP contribution in [0.4, 0.5) is 0 Å². The molecule has 1 aromatic carbocycles. The van der Waals surface area contributed by atoms with Gasteiger partial charge in [0.25, 0.3) is 5.56 Å². The number of rotatable bonds is 2. The van der Waals surface area contributed by atoms with Crippen molar-refractivity contribution in [1.29, 1.82) is 0 Å². The van der Waals surface area contributed by atoms with Crippen molar-refractivity contribution in [3.8, 4) is 0 Å². The second-order valence-corrected chi connectivity index (χ2v) is 3.74. The van der Waals surface area contributed by atoms with Gasteiger partial charge < -0.3 is 0 Å². The van der Waals surface area contributed by atoms with Gasteiger partial charge >= 0.3 is 0 Å². The molecule has 0 bridgehead atoms. The third-order valence-corrected chi connectivity index (χ3v) is 2.57. The topological polar surface area (TPSA) is 63.6 Å². The molecular formula is C12H10N4O. The SMILES string of the molecule is O=c1[nH]n(Cc2ccccc2)c2nccnc12. The Morgan fingerprint density at radius 3 is 2.71 bits per heavy atom. The van der Waals surface area contributed by atoms with Crippen molar-refractivity contribution >= 4 is 11.2 Å². The van der Waals surface area contributed by atoms with Gasteiger partial charge in [-0.3, -0.25) is 14.6 Å². The maximum Gasteiger partial charge on any atom is 0.292 e. The molecule has 0 aliphatic carbocycles. The van der Waals surface area contributed by atoms with Crippen LogP contribution in [0.2, 0.25) is 0 Å². The fraction of sp³-hybridized carbons (Fsp3) is 0.0833. The van der Waals surface area contributed by atoms with Crippen LogP contribution in [-0.4, -0.2) is 19.7 Å². The van der Waals surface area contributed by atoms with Crippen molar-refractivity contribution in [2.45, 2.75) is 6.54 Å². The minimum absolute atomic E-state index is 0.205. The molecule has 0 spiro atoms. The second kappa shape index (κ2) is 3.86. The van der Waals surface area contributed by atoms with Crippen LogP contribution >= 0.6 is 0 Å². The molecule has 0 aliphatic heterocycles. The number of fused-ring (bicyclic) bond motifs is 1. The summed E-state index contributed by atoms with van der Waals surface area (Å²) in [6.07, 6.45) is 3.10. The summed E-state index contributed by atoms with van der Waals surface area (Å²) in [5.41, 5.74) is 1.86. The van der Waals surface area contributed by atoms with Crippen LogP contribution in [0.25, 0.3) is 11.2 Å². The highest BCUT2D eigenvalue weighted by Gasteiger charge is 2.08. The van der Waals surface area contributed by atoms with Crippen LogP contribution in [0.15, 0.2) is 47.5 Å². The first-order chi connectivity index (χ1) is 8.34. The van der Waals surface area contributed by atoms with Gasteiger partial charge in [-0.25, -0.2) is 9.97 Å². The number of H-pyrrole nitrogens is 1. The number of benzene rings is 1. The average molecular weight is 226 g/mol. The zero-order chi connectivity index (χ0) is 11.7. The quantitative estimate of drug-likeness (QED) is 0.713. The average Bonchev–Trinajstić information content (AvgIpc) is 2.69. The first-order valence-electron chi connectivity index (χ1n) is 5.28. The van der Waals surface area contributed by atoms with E-state index in [-0.39, 0.29) is 5.56 Å². The Morgan fingerprint density at radius 1 is 1.12 bits per heavy atom. The van der Waals surface area contributed by atoms with Crippen molar-refractivity contribution in [3.05, 3.63) is 58.6 Å². The van der Waals surface area contributed by atoms with E-state index < -0.39 is 0 Å². The second-order valence-electron chi connectivity index (χ2n) is 3.74. The van der Waals surface area contributed by atoms with E-state index in [1.54, 1.807) is 10.9 Å². The molecular weight excluding hydrogens is 216 g/mol. The van der Waals surface area contributed by atoms with Crippen LogP contribution in [0.3, 0.4) is 0 Å². The lowest BCUT2D eigenvalue weighted by atomic mass is 10.2. The normalized spacial score (nSPS) is 10.8. The van der Waals surface area contributed by atoms with E-state index in [0.29, 0.717) is 17.7 Å². The molecule has 0 saturated carbocycles. The first-order valence-corrected chi connectivity index (χ1v) is 5.28. The molecule has 0 unspecified atom stereocenters. The predicted molar refractivity (Wildman–Crippen MR) is 63.7 cm³/mol. The third kappa shape index (κ3) is 1.71. The van der Waals surface area contributed by atoms with E-state index >= 15 is 0 Å². The van der Waals surface area contributed by atoms with Crippen LogP contribution < -0.4 is 5.56 Å². The number of nitrogens with zero attached hydrogens (tertiary/aromatic N) is 3. The van der Waals surface area contributed by atoms with Crippen LogP contribution in [0.1, 0.15) is 5.56 Å². The summed E-state index contributed by atoms with van der Waals surface area (Å²) in [6, 6.07) is 9.89. The van der Waals surface area contributed by atoms with E-state index in [0.717, 1.165) is 5.56 Å². The van der Waals surface area contributed by atoms with Crippen molar-refractivity contribution in [3.63, 3.8) is 0 Å². The summed E-state index contributed by atoms with van der Waals surface area (Å²) in [7, 11) is 0. The lowest BCUT2D eigenvalue weighted by Gasteiger charge is -2.02. The molecule has 0 radical (unpaired) electrons. The Bertz CT molecular complexity index is 699. The lowest BCUT2D eigenvalue weighted by molar-refractivity contribution is 0.695. The minimum Gasteiger partial charge on any atom is -0.265 e. The van der Waals surface area contributed by atoms with Gasteiger partial charge in [0.15, 0.2) is 11.2 Å². The molecule has 0 amide bonds. The Morgan fingerprint density at radius 2 is 1.88 bits per heavy atom. The maximum absolute atomic E-state index is 11.6. The first kappa shape index (κ1) is 9.77. The number of nitrogens with one attached hydrogen (secondary N) is 1. The monoisotopic (exact) mass is 226 g/mol.